The first kappa shape index (κ1) is 20.8. The van der Waals surface area contributed by atoms with Gasteiger partial charge in [0.15, 0.2) is 0 Å². The van der Waals surface area contributed by atoms with Crippen LogP contribution in [-0.4, -0.2) is 13.2 Å². The van der Waals surface area contributed by atoms with Crippen LogP contribution in [0, 0.1) is 0 Å². The third-order valence-electron chi connectivity index (χ3n) is 3.61. The molecule has 0 radical (unpaired) electrons. The maximum absolute atomic E-state index is 8.93. The fourth-order valence-electron chi connectivity index (χ4n) is 2.07. The monoisotopic (exact) mass is 366 g/mol. The van der Waals surface area contributed by atoms with Gasteiger partial charge in [-0.2, -0.15) is 0 Å². The van der Waals surface area contributed by atoms with Gasteiger partial charge in [-0.1, -0.05) is 13.8 Å². The summed E-state index contributed by atoms with van der Waals surface area (Å²) >= 11 is -0.438. The molecular weight excluding hydrogens is 339 g/mol. The van der Waals surface area contributed by atoms with Gasteiger partial charge in [0.25, 0.3) is 0 Å². The minimum Gasteiger partial charge on any atom is -0.855 e. The van der Waals surface area contributed by atoms with E-state index in [-0.39, 0.29) is 13.2 Å². The van der Waals surface area contributed by atoms with Gasteiger partial charge in [0, 0.05) is 0 Å². The fourth-order valence-corrected chi connectivity index (χ4v) is 5.86. The molecule has 0 fully saturated rings. The van der Waals surface area contributed by atoms with E-state index in [0.29, 0.717) is 0 Å². The van der Waals surface area contributed by atoms with Gasteiger partial charge in [-0.3, -0.25) is 0 Å². The van der Waals surface area contributed by atoms with Crippen LogP contribution in [0.25, 0.3) is 0 Å². The molecule has 0 amide bonds. The summed E-state index contributed by atoms with van der Waals surface area (Å²) in [6.45, 7) is 12.3. The normalized spacial score (nSPS) is 16.6. The molecular formula is C18H28O2Zr. The molecule has 2 rings (SSSR count). The van der Waals surface area contributed by atoms with Crippen LogP contribution < -0.4 is 10.2 Å². The van der Waals surface area contributed by atoms with Crippen molar-refractivity contribution < 1.29 is 33.4 Å². The molecule has 0 bridgehead atoms. The quantitative estimate of drug-likeness (QED) is 0.753. The summed E-state index contributed by atoms with van der Waals surface area (Å²) in [7, 11) is 0. The zero-order chi connectivity index (χ0) is 16.4. The third kappa shape index (κ3) is 7.04. The van der Waals surface area contributed by atoms with Gasteiger partial charge in [-0.15, -0.1) is 13.2 Å². The van der Waals surface area contributed by atoms with Crippen molar-refractivity contribution in [2.45, 2.75) is 54.4 Å². The molecule has 0 aromatic carbocycles. The Morgan fingerprint density at radius 2 is 1.10 bits per heavy atom. The van der Waals surface area contributed by atoms with Crippen LogP contribution in [-0.2, 0) is 23.2 Å². The topological polar surface area (TPSA) is 46.1 Å². The van der Waals surface area contributed by atoms with Crippen LogP contribution in [0.15, 0.2) is 41.0 Å². The minimum absolute atomic E-state index is 0. The fraction of sp³-hybridized carbons (Fsp3) is 0.556. The summed E-state index contributed by atoms with van der Waals surface area (Å²) < 4.78 is 3.60. The first-order valence-electron chi connectivity index (χ1n) is 7.59. The van der Waals surface area contributed by atoms with Gasteiger partial charge < -0.3 is 10.2 Å². The van der Waals surface area contributed by atoms with Crippen molar-refractivity contribution in [3.05, 3.63) is 41.0 Å². The Kier molecular flexibility index (Phi) is 11.2. The van der Waals surface area contributed by atoms with Crippen molar-refractivity contribution in [2.75, 3.05) is 13.2 Å². The summed E-state index contributed by atoms with van der Waals surface area (Å²) in [6.07, 6.45) is 7.30. The summed E-state index contributed by atoms with van der Waals surface area (Å²) in [5.41, 5.74) is 6.25. The van der Waals surface area contributed by atoms with Crippen LogP contribution in [0.2, 0.25) is 0 Å². The molecule has 2 nitrogen and oxygen atoms in total. The Balaban J connectivity index is 0.000000578. The zero-order valence-corrected chi connectivity index (χ0v) is 16.8. The molecule has 0 atom stereocenters. The van der Waals surface area contributed by atoms with Gasteiger partial charge >= 0.3 is 105 Å². The van der Waals surface area contributed by atoms with Crippen molar-refractivity contribution in [3.63, 3.8) is 0 Å². The summed E-state index contributed by atoms with van der Waals surface area (Å²) in [4.78, 5) is 0. The number of allylic oxidation sites excluding steroid dienone is 8. The molecule has 21 heavy (non-hydrogen) atoms. The molecule has 0 spiro atoms. The van der Waals surface area contributed by atoms with Gasteiger partial charge in [-0.25, -0.2) is 0 Å². The Bertz CT molecular complexity index is 412. The van der Waals surface area contributed by atoms with Crippen molar-refractivity contribution in [3.8, 4) is 0 Å². The van der Waals surface area contributed by atoms with E-state index in [0.717, 1.165) is 0 Å². The van der Waals surface area contributed by atoms with E-state index in [1.54, 1.807) is 31.6 Å². The Morgan fingerprint density at radius 1 is 0.810 bits per heavy atom. The number of rotatable bonds is 2. The van der Waals surface area contributed by atoms with Crippen molar-refractivity contribution >= 4 is 0 Å². The van der Waals surface area contributed by atoms with E-state index < -0.39 is 23.2 Å². The van der Waals surface area contributed by atoms with Crippen LogP contribution in [0.5, 0.6) is 0 Å². The van der Waals surface area contributed by atoms with E-state index in [2.05, 4.69) is 39.8 Å². The average Bonchev–Trinajstić information content (AvgIpc) is 2.91. The second-order valence-electron chi connectivity index (χ2n) is 5.09. The molecule has 0 N–H and O–H groups in total. The number of hydrogen-bond acceptors (Lipinski definition) is 2. The molecule has 2 aliphatic rings. The van der Waals surface area contributed by atoms with Crippen LogP contribution in [0.1, 0.15) is 54.4 Å². The summed E-state index contributed by atoms with van der Waals surface area (Å²) in [5.74, 6) is 0. The molecule has 0 aromatic heterocycles. The van der Waals surface area contributed by atoms with Crippen LogP contribution >= 0.6 is 0 Å². The van der Waals surface area contributed by atoms with Crippen molar-refractivity contribution in [1.82, 2.24) is 0 Å². The Hall–Kier alpha value is -0.237. The SMILES string of the molecule is CC1=CC[C]([Zr+2][C]2=C(C)C(C)=CC2)=C1C.CC[O-].CC[O-]. The van der Waals surface area contributed by atoms with Gasteiger partial charge in [0.2, 0.25) is 0 Å². The smallest absolute Gasteiger partial charge is 0.0809 e. The Morgan fingerprint density at radius 3 is 1.29 bits per heavy atom. The van der Waals surface area contributed by atoms with E-state index >= 15 is 0 Å². The molecule has 0 unspecified atom stereocenters. The maximum Gasteiger partial charge on any atom is -0.0809 e. The molecule has 0 saturated heterocycles. The van der Waals surface area contributed by atoms with Crippen LogP contribution in [0.3, 0.4) is 0 Å². The van der Waals surface area contributed by atoms with E-state index in [1.165, 1.54) is 24.0 Å². The Labute approximate surface area is 141 Å². The van der Waals surface area contributed by atoms with E-state index in [9.17, 15) is 0 Å². The molecule has 0 aromatic rings. The van der Waals surface area contributed by atoms with Gasteiger partial charge in [0.1, 0.15) is 0 Å². The van der Waals surface area contributed by atoms with Gasteiger partial charge in [0.05, 0.1) is 0 Å². The maximum atomic E-state index is 8.93. The second kappa shape index (κ2) is 11.3. The van der Waals surface area contributed by atoms with Crippen molar-refractivity contribution in [1.29, 1.82) is 0 Å². The van der Waals surface area contributed by atoms with Crippen molar-refractivity contribution in [2.24, 2.45) is 0 Å². The number of hydrogen-bond donors (Lipinski definition) is 0. The van der Waals surface area contributed by atoms with Gasteiger partial charge in [-0.05, 0) is 0 Å². The largest absolute Gasteiger partial charge is 0.855 e. The van der Waals surface area contributed by atoms with Crippen LogP contribution in [0.4, 0.5) is 0 Å². The molecule has 116 valence electrons. The van der Waals surface area contributed by atoms with E-state index in [1.807, 2.05) is 0 Å². The molecule has 2 aliphatic carbocycles. The van der Waals surface area contributed by atoms with E-state index in [4.69, 9.17) is 10.2 Å². The third-order valence-corrected chi connectivity index (χ3v) is 7.95. The molecule has 0 aliphatic heterocycles. The molecule has 3 heteroatoms. The predicted molar refractivity (Wildman–Crippen MR) is 83.2 cm³/mol. The summed E-state index contributed by atoms with van der Waals surface area (Å²) in [5, 5.41) is 17.9. The molecule has 0 heterocycles. The first-order chi connectivity index (χ1) is 9.92. The predicted octanol–water partition coefficient (Wildman–Crippen LogP) is 3.05. The molecule has 0 saturated carbocycles. The average molecular weight is 368 g/mol. The second-order valence-corrected chi connectivity index (χ2v) is 8.67. The summed E-state index contributed by atoms with van der Waals surface area (Å²) in [6, 6.07) is 0. The first-order valence-corrected chi connectivity index (χ1v) is 10.1. The zero-order valence-electron chi connectivity index (χ0n) is 14.3. The minimum atomic E-state index is -0.438. The standard InChI is InChI=1S/2C7H9.2C2H5O.Zr/c2*1-6-4-3-5-7(6)2;2*1-2-3;/h2*4H,3H2,1-2H3;2*2H2,1H3;/q;;2*-1;+2.